The van der Waals surface area contributed by atoms with Gasteiger partial charge in [-0.25, -0.2) is 9.97 Å². The van der Waals surface area contributed by atoms with Gasteiger partial charge in [-0.2, -0.15) is 0 Å². The third-order valence-corrected chi connectivity index (χ3v) is 4.59. The fourth-order valence-electron chi connectivity index (χ4n) is 3.26. The van der Waals surface area contributed by atoms with Crippen LogP contribution in [0.5, 0.6) is 0 Å². The second-order valence-electron chi connectivity index (χ2n) is 6.43. The predicted octanol–water partition coefficient (Wildman–Crippen LogP) is 3.42. The van der Waals surface area contributed by atoms with E-state index in [0.717, 1.165) is 65.8 Å². The van der Waals surface area contributed by atoms with Crippen molar-refractivity contribution in [2.45, 2.75) is 32.4 Å². The van der Waals surface area contributed by atoms with Crippen LogP contribution in [0.4, 0.5) is 11.4 Å². The number of imidazole rings is 2. The van der Waals surface area contributed by atoms with E-state index in [9.17, 15) is 0 Å². The second kappa shape index (κ2) is 6.47. The lowest BCUT2D eigenvalue weighted by molar-refractivity contribution is 0.556. The Kier molecular flexibility index (Phi) is 4.01. The van der Waals surface area contributed by atoms with E-state index >= 15 is 0 Å². The number of aromatic nitrogens is 4. The van der Waals surface area contributed by atoms with Gasteiger partial charge in [0.15, 0.2) is 0 Å². The Labute approximate surface area is 146 Å². The van der Waals surface area contributed by atoms with Crippen molar-refractivity contribution in [1.29, 1.82) is 0 Å². The minimum Gasteiger partial charge on any atom is -0.399 e. The first kappa shape index (κ1) is 15.5. The summed E-state index contributed by atoms with van der Waals surface area (Å²) in [6, 6.07) is 11.8. The Balaban J connectivity index is 1.31. The average molecular weight is 334 g/mol. The molecule has 0 bridgehead atoms. The van der Waals surface area contributed by atoms with Gasteiger partial charge in [-0.15, -0.1) is 0 Å². The van der Waals surface area contributed by atoms with Crippen molar-refractivity contribution in [3.8, 4) is 0 Å². The molecule has 0 aliphatic heterocycles. The molecule has 0 unspecified atom stereocenters. The van der Waals surface area contributed by atoms with E-state index in [1.807, 2.05) is 49.1 Å². The van der Waals surface area contributed by atoms with Crippen LogP contribution in [-0.2, 0) is 13.1 Å². The van der Waals surface area contributed by atoms with Crippen molar-refractivity contribution < 1.29 is 0 Å². The molecule has 6 heteroatoms. The standard InChI is InChI=1S/C19H22N6/c20-14-4-6-18-16(10-14)22-12-24(18)8-2-1-3-9-25-13-23-17-11-15(21)5-7-19(17)25/h4-7,10-13H,1-3,8-9,20-21H2. The number of anilines is 2. The fourth-order valence-corrected chi connectivity index (χ4v) is 3.26. The van der Waals surface area contributed by atoms with Gasteiger partial charge in [-0.1, -0.05) is 0 Å². The Morgan fingerprint density at radius 3 is 1.64 bits per heavy atom. The van der Waals surface area contributed by atoms with Gasteiger partial charge < -0.3 is 20.6 Å². The molecular formula is C19H22N6. The van der Waals surface area contributed by atoms with Gasteiger partial charge >= 0.3 is 0 Å². The molecule has 0 atom stereocenters. The molecule has 0 saturated heterocycles. The average Bonchev–Trinajstić information content (AvgIpc) is 3.18. The Bertz CT molecular complexity index is 931. The van der Waals surface area contributed by atoms with Gasteiger partial charge in [-0.3, -0.25) is 0 Å². The molecule has 2 heterocycles. The Morgan fingerprint density at radius 2 is 1.16 bits per heavy atom. The van der Waals surface area contributed by atoms with E-state index in [-0.39, 0.29) is 0 Å². The molecule has 4 rings (SSSR count). The summed E-state index contributed by atoms with van der Waals surface area (Å²) in [6.45, 7) is 1.95. The maximum Gasteiger partial charge on any atom is 0.0958 e. The molecule has 6 nitrogen and oxygen atoms in total. The first-order chi connectivity index (χ1) is 12.2. The molecule has 0 radical (unpaired) electrons. The number of hydrogen-bond acceptors (Lipinski definition) is 4. The molecule has 2 aromatic heterocycles. The van der Waals surface area contributed by atoms with Crippen LogP contribution in [0.15, 0.2) is 49.1 Å². The summed E-state index contributed by atoms with van der Waals surface area (Å²) in [5.41, 5.74) is 17.3. The van der Waals surface area contributed by atoms with E-state index in [0.29, 0.717) is 0 Å². The molecule has 0 fully saturated rings. The van der Waals surface area contributed by atoms with E-state index < -0.39 is 0 Å². The Morgan fingerprint density at radius 1 is 0.680 bits per heavy atom. The number of nitrogen functional groups attached to an aromatic ring is 2. The third-order valence-electron chi connectivity index (χ3n) is 4.59. The number of rotatable bonds is 6. The fraction of sp³-hybridized carbons (Fsp3) is 0.263. The zero-order chi connectivity index (χ0) is 17.2. The first-order valence-electron chi connectivity index (χ1n) is 8.61. The summed E-state index contributed by atoms with van der Waals surface area (Å²) >= 11 is 0. The van der Waals surface area contributed by atoms with Crippen molar-refractivity contribution >= 4 is 33.4 Å². The van der Waals surface area contributed by atoms with Gasteiger partial charge in [0, 0.05) is 24.5 Å². The van der Waals surface area contributed by atoms with Crippen molar-refractivity contribution in [3.63, 3.8) is 0 Å². The van der Waals surface area contributed by atoms with Crippen LogP contribution in [0.2, 0.25) is 0 Å². The monoisotopic (exact) mass is 334 g/mol. The van der Waals surface area contributed by atoms with Gasteiger partial charge in [0.1, 0.15) is 0 Å². The Hall–Kier alpha value is -3.02. The van der Waals surface area contributed by atoms with E-state index in [4.69, 9.17) is 11.5 Å². The summed E-state index contributed by atoms with van der Waals surface area (Å²) < 4.78 is 4.40. The molecule has 4 N–H and O–H groups in total. The summed E-state index contributed by atoms with van der Waals surface area (Å²) in [6.07, 6.45) is 7.20. The van der Waals surface area contributed by atoms with Crippen LogP contribution >= 0.6 is 0 Å². The van der Waals surface area contributed by atoms with E-state index in [1.54, 1.807) is 0 Å². The van der Waals surface area contributed by atoms with Crippen LogP contribution < -0.4 is 11.5 Å². The van der Waals surface area contributed by atoms with Crippen molar-refractivity contribution in [2.24, 2.45) is 0 Å². The highest BCUT2D eigenvalue weighted by molar-refractivity contribution is 5.79. The zero-order valence-electron chi connectivity index (χ0n) is 14.1. The maximum atomic E-state index is 5.80. The molecule has 2 aromatic carbocycles. The van der Waals surface area contributed by atoms with Gasteiger partial charge in [0.25, 0.3) is 0 Å². The lowest BCUT2D eigenvalue weighted by atomic mass is 10.2. The molecule has 0 aliphatic rings. The molecule has 0 aliphatic carbocycles. The maximum absolute atomic E-state index is 5.80. The summed E-state index contributed by atoms with van der Waals surface area (Å²) in [5.74, 6) is 0. The minimum atomic E-state index is 0.757. The molecule has 4 aromatic rings. The topological polar surface area (TPSA) is 87.7 Å². The molecule has 25 heavy (non-hydrogen) atoms. The number of fused-ring (bicyclic) bond motifs is 2. The number of nitrogens with two attached hydrogens (primary N) is 2. The van der Waals surface area contributed by atoms with Crippen LogP contribution in [0.1, 0.15) is 19.3 Å². The molecule has 0 amide bonds. The van der Waals surface area contributed by atoms with Gasteiger partial charge in [0.05, 0.1) is 34.7 Å². The van der Waals surface area contributed by atoms with E-state index in [1.165, 1.54) is 0 Å². The highest BCUT2D eigenvalue weighted by Crippen LogP contribution is 2.18. The molecule has 0 saturated carbocycles. The highest BCUT2D eigenvalue weighted by atomic mass is 15.0. The molecular weight excluding hydrogens is 312 g/mol. The number of benzene rings is 2. The molecule has 0 spiro atoms. The minimum absolute atomic E-state index is 0.757. The van der Waals surface area contributed by atoms with Crippen molar-refractivity contribution in [2.75, 3.05) is 11.5 Å². The summed E-state index contributed by atoms with van der Waals surface area (Å²) in [5, 5.41) is 0. The largest absolute Gasteiger partial charge is 0.399 e. The molecule has 128 valence electrons. The lowest BCUT2D eigenvalue weighted by Crippen LogP contribution is -1.99. The summed E-state index contributed by atoms with van der Waals surface area (Å²) in [7, 11) is 0. The second-order valence-corrected chi connectivity index (χ2v) is 6.43. The normalized spacial score (nSPS) is 11.5. The van der Waals surface area contributed by atoms with Crippen LogP contribution in [0.3, 0.4) is 0 Å². The van der Waals surface area contributed by atoms with Gasteiger partial charge in [0.2, 0.25) is 0 Å². The van der Waals surface area contributed by atoms with Crippen molar-refractivity contribution in [1.82, 2.24) is 19.1 Å². The van der Waals surface area contributed by atoms with E-state index in [2.05, 4.69) is 19.1 Å². The highest BCUT2D eigenvalue weighted by Gasteiger charge is 2.04. The smallest absolute Gasteiger partial charge is 0.0958 e. The number of unbranched alkanes of at least 4 members (excludes halogenated alkanes) is 2. The quantitative estimate of drug-likeness (QED) is 0.418. The SMILES string of the molecule is Nc1ccc2c(c1)ncn2CCCCCn1cnc2cc(N)ccc21. The van der Waals surface area contributed by atoms with Crippen LogP contribution in [0, 0.1) is 0 Å². The van der Waals surface area contributed by atoms with Gasteiger partial charge in [-0.05, 0) is 55.7 Å². The summed E-state index contributed by atoms with van der Waals surface area (Å²) in [4.78, 5) is 8.84. The third kappa shape index (κ3) is 3.15. The lowest BCUT2D eigenvalue weighted by Gasteiger charge is -2.06. The first-order valence-corrected chi connectivity index (χ1v) is 8.61. The van der Waals surface area contributed by atoms with Crippen LogP contribution in [0.25, 0.3) is 22.1 Å². The zero-order valence-corrected chi connectivity index (χ0v) is 14.1. The predicted molar refractivity (Wildman–Crippen MR) is 102 cm³/mol. The van der Waals surface area contributed by atoms with Crippen molar-refractivity contribution in [3.05, 3.63) is 49.1 Å². The number of hydrogen-bond donors (Lipinski definition) is 2. The number of nitrogens with zero attached hydrogens (tertiary/aromatic N) is 4. The number of aryl methyl sites for hydroxylation is 2. The van der Waals surface area contributed by atoms with Crippen LogP contribution in [-0.4, -0.2) is 19.1 Å².